The first kappa shape index (κ1) is 25.5. The van der Waals surface area contributed by atoms with E-state index in [4.69, 9.17) is 37.4 Å². The predicted molar refractivity (Wildman–Crippen MR) is 132 cm³/mol. The highest BCUT2D eigenvalue weighted by atomic mass is 35.5. The number of nitrogens with zero attached hydrogens (tertiary/aromatic N) is 2. The number of carbonyl (C=O) groups excluding carboxylic acids is 2. The van der Waals surface area contributed by atoms with Crippen LogP contribution in [0.5, 0.6) is 5.75 Å². The Kier molecular flexibility index (Phi) is 8.65. The molecule has 0 saturated carbocycles. The van der Waals surface area contributed by atoms with Gasteiger partial charge in [-0.2, -0.15) is 0 Å². The molecule has 4 rings (SSSR count). The van der Waals surface area contributed by atoms with Gasteiger partial charge < -0.3 is 19.1 Å². The molecule has 0 radical (unpaired) electrons. The number of esters is 1. The number of rotatable bonds is 9. The Morgan fingerprint density at radius 1 is 1.26 bits per heavy atom. The molecule has 0 spiro atoms. The third-order valence-electron chi connectivity index (χ3n) is 6.27. The van der Waals surface area contributed by atoms with Crippen LogP contribution in [0.4, 0.5) is 0 Å². The summed E-state index contributed by atoms with van der Waals surface area (Å²) < 4.78 is 17.2. The normalized spacial score (nSPS) is 20.3. The van der Waals surface area contributed by atoms with Crippen molar-refractivity contribution < 1.29 is 23.8 Å². The number of amides is 1. The van der Waals surface area contributed by atoms with Gasteiger partial charge in [0.05, 0.1) is 24.1 Å². The maximum absolute atomic E-state index is 13.5. The zero-order valence-corrected chi connectivity index (χ0v) is 21.1. The molecule has 1 fully saturated rings. The highest BCUT2D eigenvalue weighted by molar-refractivity contribution is 6.29. The second kappa shape index (κ2) is 11.9. The fourth-order valence-corrected chi connectivity index (χ4v) is 4.69. The lowest BCUT2D eigenvalue weighted by Crippen LogP contribution is -2.42. The zero-order valence-electron chi connectivity index (χ0n) is 19.5. The second-order valence-electron chi connectivity index (χ2n) is 8.53. The van der Waals surface area contributed by atoms with Crippen molar-refractivity contribution in [2.24, 2.45) is 0 Å². The summed E-state index contributed by atoms with van der Waals surface area (Å²) in [7, 11) is 0. The van der Waals surface area contributed by atoms with Crippen LogP contribution >= 0.6 is 23.2 Å². The minimum atomic E-state index is -0.487. The lowest BCUT2D eigenvalue weighted by Gasteiger charge is -2.35. The van der Waals surface area contributed by atoms with Gasteiger partial charge in [-0.05, 0) is 37.5 Å². The number of pyridine rings is 1. The minimum Gasteiger partial charge on any atom is -0.492 e. The van der Waals surface area contributed by atoms with Crippen LogP contribution in [-0.4, -0.2) is 53.5 Å². The van der Waals surface area contributed by atoms with E-state index in [-0.39, 0.29) is 25.0 Å². The Morgan fingerprint density at radius 3 is 2.80 bits per heavy atom. The number of benzene rings is 1. The predicted octanol–water partition coefficient (Wildman–Crippen LogP) is 4.86. The SMILES string of the molecule is CC1=C(C(=O)OCc2ccccc2OCCCl)[C@@H](c2ccc(Cl)nc2)CC(=O)N1C[C@@H]1CCCO1. The molecule has 1 aromatic carbocycles. The minimum absolute atomic E-state index is 0.0271. The number of hydrogen-bond acceptors (Lipinski definition) is 6. The molecular weight excluding hydrogens is 491 g/mol. The first-order chi connectivity index (χ1) is 17.0. The van der Waals surface area contributed by atoms with Crippen LogP contribution in [0, 0.1) is 0 Å². The maximum atomic E-state index is 13.5. The van der Waals surface area contributed by atoms with E-state index in [9.17, 15) is 9.59 Å². The van der Waals surface area contributed by atoms with Gasteiger partial charge in [0.1, 0.15) is 24.1 Å². The van der Waals surface area contributed by atoms with E-state index in [1.165, 1.54) is 0 Å². The Hall–Kier alpha value is -2.61. The number of aromatic nitrogens is 1. The third-order valence-corrected chi connectivity index (χ3v) is 6.65. The van der Waals surface area contributed by atoms with Gasteiger partial charge in [0, 0.05) is 36.4 Å². The second-order valence-corrected chi connectivity index (χ2v) is 9.30. The van der Waals surface area contributed by atoms with Crippen molar-refractivity contribution >= 4 is 35.1 Å². The number of halogens is 2. The maximum Gasteiger partial charge on any atom is 0.336 e. The largest absolute Gasteiger partial charge is 0.492 e. The van der Waals surface area contributed by atoms with Gasteiger partial charge in [-0.1, -0.05) is 35.9 Å². The molecule has 1 saturated heterocycles. The van der Waals surface area contributed by atoms with Crippen LogP contribution in [0.25, 0.3) is 0 Å². The monoisotopic (exact) mass is 518 g/mol. The summed E-state index contributed by atoms with van der Waals surface area (Å²) in [5, 5.41) is 0.342. The number of ether oxygens (including phenoxy) is 3. The molecule has 0 bridgehead atoms. The number of hydrogen-bond donors (Lipinski definition) is 0. The quantitative estimate of drug-likeness (QED) is 0.268. The van der Waals surface area contributed by atoms with Gasteiger partial charge in [0.25, 0.3) is 0 Å². The lowest BCUT2D eigenvalue weighted by atomic mass is 9.84. The molecule has 0 aliphatic carbocycles. The molecule has 3 heterocycles. The van der Waals surface area contributed by atoms with Crippen molar-refractivity contribution in [1.29, 1.82) is 0 Å². The zero-order chi connectivity index (χ0) is 24.8. The fourth-order valence-electron chi connectivity index (χ4n) is 4.50. The van der Waals surface area contributed by atoms with Crippen LogP contribution in [0.15, 0.2) is 53.9 Å². The first-order valence-electron chi connectivity index (χ1n) is 11.7. The molecular formula is C26H28Cl2N2O5. The van der Waals surface area contributed by atoms with Crippen molar-refractivity contribution in [3.8, 4) is 5.75 Å². The highest BCUT2D eigenvalue weighted by Crippen LogP contribution is 2.38. The van der Waals surface area contributed by atoms with E-state index in [1.807, 2.05) is 24.3 Å². The summed E-state index contributed by atoms with van der Waals surface area (Å²) in [6.45, 7) is 3.27. The van der Waals surface area contributed by atoms with Crippen LogP contribution in [-0.2, 0) is 25.7 Å². The van der Waals surface area contributed by atoms with Crippen molar-refractivity contribution in [3.63, 3.8) is 0 Å². The van der Waals surface area contributed by atoms with E-state index in [0.717, 1.165) is 24.0 Å². The van der Waals surface area contributed by atoms with Gasteiger partial charge in [0.2, 0.25) is 5.91 Å². The van der Waals surface area contributed by atoms with E-state index in [1.54, 1.807) is 30.2 Å². The van der Waals surface area contributed by atoms with E-state index in [0.29, 0.717) is 47.8 Å². The Balaban J connectivity index is 1.61. The average molecular weight is 519 g/mol. The number of allylic oxidation sites excluding steroid dienone is 1. The van der Waals surface area contributed by atoms with E-state index < -0.39 is 11.9 Å². The molecule has 9 heteroatoms. The van der Waals surface area contributed by atoms with Gasteiger partial charge in [-0.3, -0.25) is 4.79 Å². The van der Waals surface area contributed by atoms with Crippen LogP contribution < -0.4 is 4.74 Å². The van der Waals surface area contributed by atoms with Crippen molar-refractivity contribution in [2.45, 2.75) is 44.8 Å². The lowest BCUT2D eigenvalue weighted by molar-refractivity contribution is -0.141. The molecule has 1 aromatic heterocycles. The standard InChI is InChI=1S/C26H28Cl2N2O5/c1-17-25(26(32)35-16-19-5-2-3-7-22(19)34-12-10-27)21(18-8-9-23(28)29-14-18)13-24(31)30(17)15-20-6-4-11-33-20/h2-3,5,7-9,14,20-21H,4,6,10-13,15-16H2,1H3/t20-,21+/m0/s1. The number of alkyl halides is 1. The van der Waals surface area contributed by atoms with Gasteiger partial charge in [-0.15, -0.1) is 11.6 Å². The number of carbonyl (C=O) groups is 2. The van der Waals surface area contributed by atoms with Crippen LogP contribution in [0.3, 0.4) is 0 Å². The Bertz CT molecular complexity index is 1080. The molecule has 2 atom stereocenters. The van der Waals surface area contributed by atoms with Crippen molar-refractivity contribution in [3.05, 3.63) is 70.1 Å². The molecule has 7 nitrogen and oxygen atoms in total. The molecule has 2 aliphatic rings. The van der Waals surface area contributed by atoms with E-state index >= 15 is 0 Å². The van der Waals surface area contributed by atoms with E-state index in [2.05, 4.69) is 4.98 Å². The summed E-state index contributed by atoms with van der Waals surface area (Å²) in [6, 6.07) is 10.8. The van der Waals surface area contributed by atoms with Crippen molar-refractivity contribution in [2.75, 3.05) is 25.6 Å². The summed E-state index contributed by atoms with van der Waals surface area (Å²) in [6.07, 6.45) is 3.56. The molecule has 0 N–H and O–H groups in total. The van der Waals surface area contributed by atoms with Crippen molar-refractivity contribution in [1.82, 2.24) is 9.88 Å². The Morgan fingerprint density at radius 2 is 2.09 bits per heavy atom. The molecule has 1 amide bonds. The van der Waals surface area contributed by atoms with Gasteiger partial charge in [-0.25, -0.2) is 9.78 Å². The molecule has 0 unspecified atom stereocenters. The summed E-state index contributed by atoms with van der Waals surface area (Å²) in [5.74, 6) is -0.0630. The van der Waals surface area contributed by atoms with Gasteiger partial charge in [0.15, 0.2) is 0 Å². The smallest absolute Gasteiger partial charge is 0.336 e. The summed E-state index contributed by atoms with van der Waals surface area (Å²) in [5.41, 5.74) is 2.48. The van der Waals surface area contributed by atoms with Crippen LogP contribution in [0.1, 0.15) is 43.2 Å². The topological polar surface area (TPSA) is 78.0 Å². The molecule has 2 aliphatic heterocycles. The number of para-hydroxylation sites is 1. The molecule has 186 valence electrons. The Labute approximate surface area is 215 Å². The van der Waals surface area contributed by atoms with Gasteiger partial charge >= 0.3 is 5.97 Å². The molecule has 35 heavy (non-hydrogen) atoms. The third kappa shape index (κ3) is 6.15. The summed E-state index contributed by atoms with van der Waals surface area (Å²) >= 11 is 11.7. The molecule has 2 aromatic rings. The van der Waals surface area contributed by atoms with Crippen LogP contribution in [0.2, 0.25) is 5.15 Å². The highest BCUT2D eigenvalue weighted by Gasteiger charge is 2.38. The fraction of sp³-hybridized carbons (Fsp3) is 0.423. The summed E-state index contributed by atoms with van der Waals surface area (Å²) in [4.78, 5) is 32.4. The average Bonchev–Trinajstić information content (AvgIpc) is 3.38. The first-order valence-corrected chi connectivity index (χ1v) is 12.6.